The van der Waals surface area contributed by atoms with Gasteiger partial charge in [-0.3, -0.25) is 19.8 Å². The monoisotopic (exact) mass is 416 g/mol. The first kappa shape index (κ1) is 19.9. The van der Waals surface area contributed by atoms with Gasteiger partial charge in [-0.05, 0) is 67.5 Å². The molecule has 1 heterocycles. The molecule has 3 rings (SSSR count). The van der Waals surface area contributed by atoms with E-state index in [1.54, 1.807) is 44.2 Å². The van der Waals surface area contributed by atoms with Crippen molar-refractivity contribution in [3.8, 4) is 11.5 Å². The molecule has 1 aliphatic heterocycles. The number of phenols is 1. The number of thiocarbonyl (C=S) groups is 1. The number of anilines is 1. The van der Waals surface area contributed by atoms with E-state index in [1.165, 1.54) is 17.0 Å². The molecule has 8 heteroatoms. The molecule has 2 aromatic carbocycles. The minimum absolute atomic E-state index is 0.0155. The molecule has 0 aromatic heterocycles. The van der Waals surface area contributed by atoms with E-state index in [2.05, 4.69) is 5.32 Å². The Morgan fingerprint density at radius 3 is 2.75 bits per heavy atom. The minimum Gasteiger partial charge on any atom is -0.504 e. The highest BCUT2D eigenvalue weighted by molar-refractivity contribution is 7.80. The Morgan fingerprint density at radius 2 is 2.04 bits per heavy atom. The van der Waals surface area contributed by atoms with Crippen LogP contribution >= 0.6 is 23.8 Å². The zero-order valence-electron chi connectivity index (χ0n) is 15.2. The number of nitrogens with one attached hydrogen (secondary N) is 1. The molecule has 1 saturated heterocycles. The lowest BCUT2D eigenvalue weighted by Crippen LogP contribution is -2.54. The number of ether oxygens (including phenoxy) is 1. The van der Waals surface area contributed by atoms with Crippen molar-refractivity contribution >= 4 is 52.5 Å². The summed E-state index contributed by atoms with van der Waals surface area (Å²) in [5, 5.41) is 12.8. The summed E-state index contributed by atoms with van der Waals surface area (Å²) in [6.07, 6.45) is 1.42. The molecule has 0 radical (unpaired) electrons. The van der Waals surface area contributed by atoms with E-state index in [-0.39, 0.29) is 22.2 Å². The lowest BCUT2D eigenvalue weighted by Gasteiger charge is -2.30. The number of halogens is 1. The Kier molecular flexibility index (Phi) is 5.67. The van der Waals surface area contributed by atoms with E-state index in [0.717, 1.165) is 0 Å². The second-order valence-corrected chi connectivity index (χ2v) is 6.80. The van der Waals surface area contributed by atoms with Crippen molar-refractivity contribution in [2.45, 2.75) is 13.8 Å². The minimum atomic E-state index is -0.600. The maximum absolute atomic E-state index is 13.1. The summed E-state index contributed by atoms with van der Waals surface area (Å²) in [6.45, 7) is 3.92. The molecule has 28 heavy (non-hydrogen) atoms. The Bertz CT molecular complexity index is 1020. The van der Waals surface area contributed by atoms with Crippen LogP contribution in [0.4, 0.5) is 5.69 Å². The van der Waals surface area contributed by atoms with E-state index in [9.17, 15) is 14.7 Å². The molecule has 1 aliphatic rings. The molecule has 0 spiro atoms. The second-order valence-electron chi connectivity index (χ2n) is 6.00. The molecule has 0 bridgehead atoms. The molecule has 144 valence electrons. The number of carbonyl (C=O) groups is 2. The zero-order chi connectivity index (χ0) is 20.4. The van der Waals surface area contributed by atoms with Crippen LogP contribution in [0.5, 0.6) is 11.5 Å². The van der Waals surface area contributed by atoms with Gasteiger partial charge in [-0.2, -0.15) is 0 Å². The van der Waals surface area contributed by atoms with Crippen LogP contribution in [0.3, 0.4) is 0 Å². The van der Waals surface area contributed by atoms with Gasteiger partial charge in [-0.15, -0.1) is 0 Å². The number of nitrogens with zero attached hydrogens (tertiary/aromatic N) is 1. The number of carbonyl (C=O) groups excluding carboxylic acids is 2. The predicted octanol–water partition coefficient (Wildman–Crippen LogP) is 3.58. The average molecular weight is 417 g/mol. The Balaban J connectivity index is 2.04. The number of hydrogen-bond donors (Lipinski definition) is 2. The second kappa shape index (κ2) is 8.00. The van der Waals surface area contributed by atoms with Crippen molar-refractivity contribution in [2.24, 2.45) is 0 Å². The number of rotatable bonds is 4. The van der Waals surface area contributed by atoms with E-state index in [4.69, 9.17) is 28.6 Å². The Morgan fingerprint density at radius 1 is 1.29 bits per heavy atom. The molecular weight excluding hydrogens is 400 g/mol. The van der Waals surface area contributed by atoms with E-state index >= 15 is 0 Å². The third kappa shape index (κ3) is 3.72. The summed E-state index contributed by atoms with van der Waals surface area (Å²) in [5.41, 5.74) is 1.59. The van der Waals surface area contributed by atoms with Gasteiger partial charge in [0.1, 0.15) is 5.57 Å². The van der Waals surface area contributed by atoms with Crippen molar-refractivity contribution in [1.29, 1.82) is 0 Å². The van der Waals surface area contributed by atoms with Crippen LogP contribution < -0.4 is 15.0 Å². The largest absolute Gasteiger partial charge is 0.504 e. The van der Waals surface area contributed by atoms with E-state index < -0.39 is 11.8 Å². The van der Waals surface area contributed by atoms with Gasteiger partial charge in [0.2, 0.25) is 0 Å². The van der Waals surface area contributed by atoms with Gasteiger partial charge in [0.05, 0.1) is 12.3 Å². The SMILES string of the molecule is CCOc1cc(C=C2C(=O)NC(=S)N(c3cccc(Cl)c3C)C2=O)ccc1O. The summed E-state index contributed by atoms with van der Waals surface area (Å²) in [4.78, 5) is 26.7. The van der Waals surface area contributed by atoms with Crippen molar-refractivity contribution in [1.82, 2.24) is 5.32 Å². The topological polar surface area (TPSA) is 78.9 Å². The third-order valence-electron chi connectivity index (χ3n) is 4.18. The molecule has 2 amide bonds. The fourth-order valence-corrected chi connectivity index (χ4v) is 3.22. The first-order valence-corrected chi connectivity index (χ1v) is 9.24. The first-order chi connectivity index (χ1) is 13.3. The van der Waals surface area contributed by atoms with Crippen LogP contribution in [0.2, 0.25) is 5.02 Å². The number of benzene rings is 2. The molecule has 0 unspecified atom stereocenters. The van der Waals surface area contributed by atoms with Crippen molar-refractivity contribution in [3.05, 3.63) is 58.1 Å². The van der Waals surface area contributed by atoms with Crippen molar-refractivity contribution in [2.75, 3.05) is 11.5 Å². The first-order valence-electron chi connectivity index (χ1n) is 8.46. The smallest absolute Gasteiger partial charge is 0.270 e. The number of phenolic OH excluding ortho intramolecular Hbond substituents is 1. The van der Waals surface area contributed by atoms with Crippen LogP contribution in [-0.4, -0.2) is 28.6 Å². The quantitative estimate of drug-likeness (QED) is 0.452. The molecule has 0 saturated carbocycles. The summed E-state index contributed by atoms with van der Waals surface area (Å²) in [6, 6.07) is 9.68. The van der Waals surface area contributed by atoms with Crippen LogP contribution in [0.1, 0.15) is 18.1 Å². The van der Waals surface area contributed by atoms with Gasteiger partial charge < -0.3 is 9.84 Å². The molecule has 0 aliphatic carbocycles. The third-order valence-corrected chi connectivity index (χ3v) is 4.87. The Labute approximate surface area is 172 Å². The van der Waals surface area contributed by atoms with Crippen LogP contribution in [0.15, 0.2) is 42.0 Å². The summed E-state index contributed by atoms with van der Waals surface area (Å²) < 4.78 is 5.35. The lowest BCUT2D eigenvalue weighted by atomic mass is 10.1. The van der Waals surface area contributed by atoms with E-state index in [1.807, 2.05) is 0 Å². The number of hydrogen-bond acceptors (Lipinski definition) is 5. The standard InChI is InChI=1S/C20H17ClN2O4S/c1-3-27-17-10-12(7-8-16(17)24)9-13-18(25)22-20(28)23(19(13)26)15-6-4-5-14(21)11(15)2/h4-10,24H,3H2,1-2H3,(H,22,25,28). The maximum Gasteiger partial charge on any atom is 0.270 e. The lowest BCUT2D eigenvalue weighted by molar-refractivity contribution is -0.122. The van der Waals surface area contributed by atoms with Crippen LogP contribution in [0, 0.1) is 6.92 Å². The Hall–Kier alpha value is -2.90. The van der Waals surface area contributed by atoms with Gasteiger partial charge in [-0.1, -0.05) is 23.7 Å². The van der Waals surface area contributed by atoms with Gasteiger partial charge in [0.15, 0.2) is 16.6 Å². The highest BCUT2D eigenvalue weighted by Crippen LogP contribution is 2.31. The van der Waals surface area contributed by atoms with Crippen LogP contribution in [-0.2, 0) is 9.59 Å². The van der Waals surface area contributed by atoms with E-state index in [0.29, 0.717) is 28.4 Å². The van der Waals surface area contributed by atoms with Gasteiger partial charge in [-0.25, -0.2) is 0 Å². The highest BCUT2D eigenvalue weighted by Gasteiger charge is 2.35. The normalized spacial score (nSPS) is 15.8. The van der Waals surface area contributed by atoms with Gasteiger partial charge in [0.25, 0.3) is 11.8 Å². The number of aromatic hydroxyl groups is 1. The predicted molar refractivity (Wildman–Crippen MR) is 112 cm³/mol. The molecule has 0 atom stereocenters. The summed E-state index contributed by atoms with van der Waals surface area (Å²) in [5.74, 6) is -0.929. The molecule has 2 N–H and O–H groups in total. The molecule has 6 nitrogen and oxygen atoms in total. The fourth-order valence-electron chi connectivity index (χ4n) is 2.77. The maximum atomic E-state index is 13.1. The summed E-state index contributed by atoms with van der Waals surface area (Å²) >= 11 is 11.4. The van der Waals surface area contributed by atoms with Gasteiger partial charge >= 0.3 is 0 Å². The van der Waals surface area contributed by atoms with Crippen LogP contribution in [0.25, 0.3) is 6.08 Å². The summed E-state index contributed by atoms with van der Waals surface area (Å²) in [7, 11) is 0. The zero-order valence-corrected chi connectivity index (χ0v) is 16.7. The molecular formula is C20H17ClN2O4S. The van der Waals surface area contributed by atoms with Gasteiger partial charge in [0, 0.05) is 5.02 Å². The number of amides is 2. The fraction of sp³-hybridized carbons (Fsp3) is 0.150. The molecule has 1 fully saturated rings. The average Bonchev–Trinajstić information content (AvgIpc) is 2.64. The van der Waals surface area contributed by atoms with Crippen molar-refractivity contribution < 1.29 is 19.4 Å². The highest BCUT2D eigenvalue weighted by atomic mass is 35.5. The van der Waals surface area contributed by atoms with Crippen molar-refractivity contribution in [3.63, 3.8) is 0 Å². The molecule has 2 aromatic rings.